The molecule has 6 nitrogen and oxygen atoms in total. The first kappa shape index (κ1) is 12.0. The van der Waals surface area contributed by atoms with Gasteiger partial charge in [-0.1, -0.05) is 6.92 Å². The third kappa shape index (κ3) is 2.82. The zero-order chi connectivity index (χ0) is 12.4. The normalized spacial score (nSPS) is 24.8. The third-order valence-corrected chi connectivity index (χ3v) is 3.08. The van der Waals surface area contributed by atoms with E-state index >= 15 is 0 Å². The van der Waals surface area contributed by atoms with Crippen molar-refractivity contribution >= 4 is 17.7 Å². The van der Waals surface area contributed by atoms with Crippen molar-refractivity contribution in [2.24, 2.45) is 0 Å². The molecule has 2 fully saturated rings. The minimum atomic E-state index is -0.513. The summed E-state index contributed by atoms with van der Waals surface area (Å²) >= 11 is 0. The molecule has 0 aromatic rings. The van der Waals surface area contributed by atoms with Crippen LogP contribution in [-0.4, -0.2) is 47.8 Å². The molecule has 0 aromatic carbocycles. The maximum atomic E-state index is 11.9. The van der Waals surface area contributed by atoms with Gasteiger partial charge in [-0.2, -0.15) is 0 Å². The van der Waals surface area contributed by atoms with E-state index < -0.39 is 11.9 Å². The molecule has 0 bridgehead atoms. The monoisotopic (exact) mass is 239 g/mol. The van der Waals surface area contributed by atoms with Gasteiger partial charge >= 0.3 is 0 Å². The van der Waals surface area contributed by atoms with Crippen LogP contribution in [0.2, 0.25) is 0 Å². The summed E-state index contributed by atoms with van der Waals surface area (Å²) < 4.78 is 0. The topological polar surface area (TPSA) is 78.5 Å². The van der Waals surface area contributed by atoms with Gasteiger partial charge in [0.2, 0.25) is 17.7 Å². The van der Waals surface area contributed by atoms with Crippen LogP contribution in [0.5, 0.6) is 0 Å². The summed E-state index contributed by atoms with van der Waals surface area (Å²) in [5.74, 6) is -0.949. The summed E-state index contributed by atoms with van der Waals surface area (Å²) in [7, 11) is 0. The van der Waals surface area contributed by atoms with Crippen LogP contribution in [0.1, 0.15) is 26.2 Å². The minimum absolute atomic E-state index is 0.0184. The number of carbonyl (C=O) groups is 3. The highest BCUT2D eigenvalue weighted by Gasteiger charge is 2.35. The van der Waals surface area contributed by atoms with Gasteiger partial charge in [-0.3, -0.25) is 19.7 Å². The van der Waals surface area contributed by atoms with Gasteiger partial charge in [0.1, 0.15) is 12.6 Å². The fraction of sp³-hybridized carbons (Fsp3) is 0.727. The molecule has 94 valence electrons. The zero-order valence-corrected chi connectivity index (χ0v) is 9.86. The van der Waals surface area contributed by atoms with E-state index in [4.69, 9.17) is 0 Å². The summed E-state index contributed by atoms with van der Waals surface area (Å²) in [6.07, 6.45) is 2.72. The van der Waals surface area contributed by atoms with E-state index in [2.05, 4.69) is 10.6 Å². The molecule has 1 unspecified atom stereocenters. The van der Waals surface area contributed by atoms with Crippen molar-refractivity contribution in [1.29, 1.82) is 0 Å². The van der Waals surface area contributed by atoms with Crippen LogP contribution in [0.4, 0.5) is 0 Å². The second-order valence-electron chi connectivity index (χ2n) is 4.51. The Kier molecular flexibility index (Phi) is 3.42. The number of rotatable bonds is 4. The first-order chi connectivity index (χ1) is 8.11. The molecular formula is C11H17N3O3. The Labute approximate surface area is 99.7 Å². The molecule has 17 heavy (non-hydrogen) atoms. The van der Waals surface area contributed by atoms with Crippen molar-refractivity contribution in [3.63, 3.8) is 0 Å². The molecule has 2 N–H and O–H groups in total. The number of amides is 3. The van der Waals surface area contributed by atoms with Crippen molar-refractivity contribution in [2.75, 3.05) is 13.1 Å². The fourth-order valence-corrected chi connectivity index (χ4v) is 1.96. The van der Waals surface area contributed by atoms with Crippen molar-refractivity contribution in [2.45, 2.75) is 38.3 Å². The molecule has 1 saturated carbocycles. The van der Waals surface area contributed by atoms with Crippen LogP contribution < -0.4 is 10.6 Å². The van der Waals surface area contributed by atoms with Gasteiger partial charge < -0.3 is 10.2 Å². The van der Waals surface area contributed by atoms with Gasteiger partial charge in [0.25, 0.3) is 0 Å². The number of carbonyl (C=O) groups excluding carboxylic acids is 3. The van der Waals surface area contributed by atoms with E-state index in [1.165, 1.54) is 4.90 Å². The second-order valence-corrected chi connectivity index (χ2v) is 4.51. The van der Waals surface area contributed by atoms with Crippen LogP contribution in [0.3, 0.4) is 0 Å². The quantitative estimate of drug-likeness (QED) is 0.617. The molecule has 3 amide bonds. The summed E-state index contributed by atoms with van der Waals surface area (Å²) in [5.41, 5.74) is 0. The summed E-state index contributed by atoms with van der Waals surface area (Å²) in [4.78, 5) is 36.1. The highest BCUT2D eigenvalue weighted by Crippen LogP contribution is 2.18. The third-order valence-electron chi connectivity index (χ3n) is 3.08. The summed E-state index contributed by atoms with van der Waals surface area (Å²) in [5, 5.41) is 5.34. The van der Waals surface area contributed by atoms with Gasteiger partial charge in [0.05, 0.1) is 6.54 Å². The predicted molar refractivity (Wildman–Crippen MR) is 60.0 cm³/mol. The Balaban J connectivity index is 1.96. The average molecular weight is 239 g/mol. The van der Waals surface area contributed by atoms with Crippen LogP contribution in [0.25, 0.3) is 0 Å². The lowest BCUT2D eigenvalue weighted by molar-refractivity contribution is -0.149. The molecule has 0 spiro atoms. The predicted octanol–water partition coefficient (Wildman–Crippen LogP) is -0.998. The van der Waals surface area contributed by atoms with Gasteiger partial charge in [0, 0.05) is 6.04 Å². The Morgan fingerprint density at radius 3 is 2.76 bits per heavy atom. The highest BCUT2D eigenvalue weighted by molar-refractivity contribution is 6.04. The summed E-state index contributed by atoms with van der Waals surface area (Å²) in [6, 6.07) is -0.0745. The van der Waals surface area contributed by atoms with Gasteiger partial charge in [-0.15, -0.1) is 0 Å². The first-order valence-corrected chi connectivity index (χ1v) is 5.98. The maximum Gasteiger partial charge on any atom is 0.249 e. The number of imide groups is 1. The van der Waals surface area contributed by atoms with Crippen molar-refractivity contribution in [3.05, 3.63) is 0 Å². The fourth-order valence-electron chi connectivity index (χ4n) is 1.96. The standard InChI is InChI=1S/C11H17N3O3/c1-2-8-11(17)13-9(15)6-14(8)10(16)5-12-7-3-4-7/h7-8,12H,2-6H2,1H3,(H,13,15,17). The molecule has 1 atom stereocenters. The smallest absolute Gasteiger partial charge is 0.249 e. The SMILES string of the molecule is CCC1C(=O)NC(=O)CN1C(=O)CNC1CC1. The van der Waals surface area contributed by atoms with Crippen LogP contribution in [0, 0.1) is 0 Å². The maximum absolute atomic E-state index is 11.9. The lowest BCUT2D eigenvalue weighted by Gasteiger charge is -2.33. The Morgan fingerprint density at radius 2 is 2.18 bits per heavy atom. The largest absolute Gasteiger partial charge is 0.320 e. The molecule has 0 aromatic heterocycles. The zero-order valence-electron chi connectivity index (χ0n) is 9.86. The molecule has 0 radical (unpaired) electrons. The van der Waals surface area contributed by atoms with Gasteiger partial charge in [0.15, 0.2) is 0 Å². The molecular weight excluding hydrogens is 222 g/mol. The van der Waals surface area contributed by atoms with E-state index in [1.54, 1.807) is 0 Å². The number of piperazine rings is 1. The molecule has 1 aliphatic heterocycles. The second kappa shape index (κ2) is 4.83. The van der Waals surface area contributed by atoms with Crippen LogP contribution in [0.15, 0.2) is 0 Å². The average Bonchev–Trinajstić information content (AvgIpc) is 3.08. The molecule has 2 rings (SSSR count). The van der Waals surface area contributed by atoms with E-state index in [9.17, 15) is 14.4 Å². The number of nitrogens with zero attached hydrogens (tertiary/aromatic N) is 1. The number of hydrogen-bond acceptors (Lipinski definition) is 4. The molecule has 1 heterocycles. The Morgan fingerprint density at radius 1 is 1.47 bits per heavy atom. The first-order valence-electron chi connectivity index (χ1n) is 5.98. The van der Waals surface area contributed by atoms with Gasteiger partial charge in [-0.25, -0.2) is 0 Å². The minimum Gasteiger partial charge on any atom is -0.320 e. The van der Waals surface area contributed by atoms with E-state index in [1.807, 2.05) is 6.92 Å². The van der Waals surface area contributed by atoms with Crippen LogP contribution >= 0.6 is 0 Å². The lowest BCUT2D eigenvalue weighted by Crippen LogP contribution is -2.60. The van der Waals surface area contributed by atoms with Crippen molar-refractivity contribution in [1.82, 2.24) is 15.5 Å². The van der Waals surface area contributed by atoms with E-state index in [-0.39, 0.29) is 24.9 Å². The lowest BCUT2D eigenvalue weighted by atomic mass is 10.1. The Bertz CT molecular complexity index is 352. The van der Waals surface area contributed by atoms with E-state index in [0.717, 1.165) is 12.8 Å². The van der Waals surface area contributed by atoms with Crippen molar-refractivity contribution < 1.29 is 14.4 Å². The highest BCUT2D eigenvalue weighted by atomic mass is 16.2. The van der Waals surface area contributed by atoms with E-state index in [0.29, 0.717) is 12.5 Å². The summed E-state index contributed by atoms with van der Waals surface area (Å²) in [6.45, 7) is 2.02. The Hall–Kier alpha value is -1.43. The van der Waals surface area contributed by atoms with Gasteiger partial charge in [-0.05, 0) is 19.3 Å². The molecule has 1 saturated heterocycles. The molecule has 2 aliphatic rings. The molecule has 6 heteroatoms. The number of nitrogens with one attached hydrogen (secondary N) is 2. The number of hydrogen-bond donors (Lipinski definition) is 2. The van der Waals surface area contributed by atoms with Crippen LogP contribution in [-0.2, 0) is 14.4 Å². The molecule has 1 aliphatic carbocycles. The van der Waals surface area contributed by atoms with Crippen molar-refractivity contribution in [3.8, 4) is 0 Å².